The molecule has 0 bridgehead atoms. The second kappa shape index (κ2) is 3.26. The van der Waals surface area contributed by atoms with Crippen LogP contribution in [-0.2, 0) is 5.92 Å². The van der Waals surface area contributed by atoms with Crippen LogP contribution in [0.5, 0.6) is 0 Å². The minimum Gasteiger partial charge on any atom is -0.255 e. The average Bonchev–Trinajstić information content (AvgIpc) is 2.06. The van der Waals surface area contributed by atoms with Crippen LogP contribution < -0.4 is 0 Å². The Morgan fingerprint density at radius 1 is 1.50 bits per heavy atom. The summed E-state index contributed by atoms with van der Waals surface area (Å²) in [5, 5.41) is 8.11. The first-order valence-electron chi connectivity index (χ1n) is 3.33. The van der Waals surface area contributed by atoms with Crippen LogP contribution in [-0.4, -0.2) is 4.98 Å². The summed E-state index contributed by atoms with van der Waals surface area (Å²) in [6, 6.07) is 5.64. The quantitative estimate of drug-likeness (QED) is 0.677. The molecule has 0 unspecified atom stereocenters. The lowest BCUT2D eigenvalue weighted by Crippen LogP contribution is -2.13. The molecule has 12 heavy (non-hydrogen) atoms. The molecule has 62 valence electrons. The lowest BCUT2D eigenvalue weighted by atomic mass is 10.1. The number of nitrogens with zero attached hydrogens (tertiary/aromatic N) is 2. The molecule has 2 nitrogen and oxygen atoms in total. The number of halogens is 2. The standard InChI is InChI=1S/C8H6F2N2/c9-8(10,4-5-11)7-3-1-2-6-12-7/h1-3,6H,4H2. The van der Waals surface area contributed by atoms with E-state index in [9.17, 15) is 8.78 Å². The van der Waals surface area contributed by atoms with Gasteiger partial charge in [-0.25, -0.2) is 0 Å². The van der Waals surface area contributed by atoms with Gasteiger partial charge < -0.3 is 0 Å². The van der Waals surface area contributed by atoms with Gasteiger partial charge in [-0.1, -0.05) is 6.07 Å². The van der Waals surface area contributed by atoms with Crippen LogP contribution in [0.1, 0.15) is 12.1 Å². The van der Waals surface area contributed by atoms with E-state index in [1.807, 2.05) is 0 Å². The number of hydrogen-bond donors (Lipinski definition) is 0. The summed E-state index contributed by atoms with van der Waals surface area (Å²) in [5.74, 6) is -3.13. The zero-order valence-corrected chi connectivity index (χ0v) is 6.17. The molecule has 1 rings (SSSR count). The van der Waals surface area contributed by atoms with Gasteiger partial charge >= 0.3 is 5.92 Å². The number of alkyl halides is 2. The van der Waals surface area contributed by atoms with E-state index in [0.717, 1.165) is 0 Å². The second-order valence-electron chi connectivity index (χ2n) is 2.25. The molecule has 0 saturated heterocycles. The summed E-state index contributed by atoms with van der Waals surface area (Å²) in [5.41, 5.74) is -0.355. The third-order valence-corrected chi connectivity index (χ3v) is 1.34. The summed E-state index contributed by atoms with van der Waals surface area (Å²) < 4.78 is 25.7. The molecule has 0 N–H and O–H groups in total. The van der Waals surface area contributed by atoms with Gasteiger partial charge in [0.05, 0.1) is 6.07 Å². The fourth-order valence-electron chi connectivity index (χ4n) is 0.769. The van der Waals surface area contributed by atoms with Crippen LogP contribution in [0.3, 0.4) is 0 Å². The van der Waals surface area contributed by atoms with E-state index in [4.69, 9.17) is 5.26 Å². The Morgan fingerprint density at radius 2 is 2.25 bits per heavy atom. The molecule has 0 aliphatic heterocycles. The summed E-state index contributed by atoms with van der Waals surface area (Å²) >= 11 is 0. The molecular weight excluding hydrogens is 162 g/mol. The van der Waals surface area contributed by atoms with Crippen molar-refractivity contribution in [1.29, 1.82) is 5.26 Å². The molecule has 0 aliphatic rings. The first-order valence-corrected chi connectivity index (χ1v) is 3.33. The van der Waals surface area contributed by atoms with E-state index >= 15 is 0 Å². The van der Waals surface area contributed by atoms with Crippen molar-refractivity contribution < 1.29 is 8.78 Å². The highest BCUT2D eigenvalue weighted by atomic mass is 19.3. The summed E-state index contributed by atoms with van der Waals surface area (Å²) in [7, 11) is 0. The maximum absolute atomic E-state index is 12.9. The lowest BCUT2D eigenvalue weighted by Gasteiger charge is -2.10. The highest BCUT2D eigenvalue weighted by molar-refractivity contribution is 5.11. The Kier molecular flexibility index (Phi) is 2.34. The van der Waals surface area contributed by atoms with E-state index in [-0.39, 0.29) is 5.69 Å². The Morgan fingerprint density at radius 3 is 2.75 bits per heavy atom. The van der Waals surface area contributed by atoms with Crippen molar-refractivity contribution in [2.45, 2.75) is 12.3 Å². The van der Waals surface area contributed by atoms with Gasteiger partial charge in [0, 0.05) is 6.20 Å². The monoisotopic (exact) mass is 168 g/mol. The Hall–Kier alpha value is -1.50. The van der Waals surface area contributed by atoms with E-state index < -0.39 is 12.3 Å². The van der Waals surface area contributed by atoms with Crippen LogP contribution in [0.15, 0.2) is 24.4 Å². The van der Waals surface area contributed by atoms with Crippen molar-refractivity contribution in [2.75, 3.05) is 0 Å². The summed E-state index contributed by atoms with van der Waals surface area (Å²) in [4.78, 5) is 3.47. The SMILES string of the molecule is N#CCC(F)(F)c1ccccn1. The van der Waals surface area contributed by atoms with E-state index in [0.29, 0.717) is 0 Å². The van der Waals surface area contributed by atoms with Crippen LogP contribution >= 0.6 is 0 Å². The van der Waals surface area contributed by atoms with Crippen molar-refractivity contribution in [3.05, 3.63) is 30.1 Å². The molecule has 1 aromatic heterocycles. The molecule has 0 aliphatic carbocycles. The summed E-state index contributed by atoms with van der Waals surface area (Å²) in [6.45, 7) is 0. The molecule has 1 heterocycles. The van der Waals surface area contributed by atoms with Gasteiger partial charge in [-0.2, -0.15) is 14.0 Å². The predicted octanol–water partition coefficient (Wildman–Crippen LogP) is 2.09. The van der Waals surface area contributed by atoms with Gasteiger partial charge in [-0.3, -0.25) is 4.98 Å². The number of hydrogen-bond acceptors (Lipinski definition) is 2. The molecule has 1 aromatic rings. The molecule has 0 aromatic carbocycles. The van der Waals surface area contributed by atoms with Crippen molar-refractivity contribution in [3.8, 4) is 6.07 Å². The third-order valence-electron chi connectivity index (χ3n) is 1.34. The molecule has 0 fully saturated rings. The first kappa shape index (κ1) is 8.60. The number of aromatic nitrogens is 1. The van der Waals surface area contributed by atoms with Crippen LogP contribution in [0.2, 0.25) is 0 Å². The maximum atomic E-state index is 12.9. The maximum Gasteiger partial charge on any atom is 0.302 e. The second-order valence-corrected chi connectivity index (χ2v) is 2.25. The predicted molar refractivity (Wildman–Crippen MR) is 38.4 cm³/mol. The molecule has 0 atom stereocenters. The van der Waals surface area contributed by atoms with Gasteiger partial charge in [0.2, 0.25) is 0 Å². The molecular formula is C8H6F2N2. The first-order chi connectivity index (χ1) is 5.67. The van der Waals surface area contributed by atoms with Crippen molar-refractivity contribution in [3.63, 3.8) is 0 Å². The normalized spacial score (nSPS) is 10.8. The number of rotatable bonds is 2. The smallest absolute Gasteiger partial charge is 0.255 e. The highest BCUT2D eigenvalue weighted by Crippen LogP contribution is 2.28. The van der Waals surface area contributed by atoms with Gasteiger partial charge in [0.25, 0.3) is 0 Å². The molecule has 4 heteroatoms. The van der Waals surface area contributed by atoms with E-state index in [2.05, 4.69) is 4.98 Å². The molecule has 0 spiro atoms. The van der Waals surface area contributed by atoms with Gasteiger partial charge in [-0.05, 0) is 12.1 Å². The van der Waals surface area contributed by atoms with Crippen molar-refractivity contribution >= 4 is 0 Å². The largest absolute Gasteiger partial charge is 0.302 e. The lowest BCUT2D eigenvalue weighted by molar-refractivity contribution is -0.00362. The topological polar surface area (TPSA) is 36.7 Å². The van der Waals surface area contributed by atoms with Crippen molar-refractivity contribution in [1.82, 2.24) is 4.98 Å². The van der Waals surface area contributed by atoms with E-state index in [1.165, 1.54) is 24.4 Å². The number of pyridine rings is 1. The molecule has 0 radical (unpaired) electrons. The highest BCUT2D eigenvalue weighted by Gasteiger charge is 2.32. The minimum absolute atomic E-state index is 0.355. The fraction of sp³-hybridized carbons (Fsp3) is 0.250. The zero-order chi connectivity index (χ0) is 9.03. The van der Waals surface area contributed by atoms with Crippen molar-refractivity contribution in [2.24, 2.45) is 0 Å². The summed E-state index contributed by atoms with van der Waals surface area (Å²) in [6.07, 6.45) is 0.449. The fourth-order valence-corrected chi connectivity index (χ4v) is 0.769. The Labute approximate surface area is 68.5 Å². The van der Waals surface area contributed by atoms with Crippen LogP contribution in [0.25, 0.3) is 0 Å². The Balaban J connectivity index is 2.91. The minimum atomic E-state index is -3.13. The molecule has 0 saturated carbocycles. The van der Waals surface area contributed by atoms with Crippen LogP contribution in [0.4, 0.5) is 8.78 Å². The van der Waals surface area contributed by atoms with Gasteiger partial charge in [0.15, 0.2) is 0 Å². The number of nitriles is 1. The third kappa shape index (κ3) is 1.76. The Bertz CT molecular complexity index is 290. The van der Waals surface area contributed by atoms with Gasteiger partial charge in [0.1, 0.15) is 12.1 Å². The van der Waals surface area contributed by atoms with E-state index in [1.54, 1.807) is 6.07 Å². The molecule has 0 amide bonds. The average molecular weight is 168 g/mol. The van der Waals surface area contributed by atoms with Gasteiger partial charge in [-0.15, -0.1) is 0 Å². The zero-order valence-electron chi connectivity index (χ0n) is 6.17. The van der Waals surface area contributed by atoms with Crippen LogP contribution in [0, 0.1) is 11.3 Å².